The molecular formula is C17H15N3O2. The Hall–Kier alpha value is -2.95. The van der Waals surface area contributed by atoms with Crippen molar-refractivity contribution < 1.29 is 9.59 Å². The van der Waals surface area contributed by atoms with Crippen LogP contribution in [0.4, 0.5) is 17.2 Å². The van der Waals surface area contributed by atoms with Gasteiger partial charge in [-0.1, -0.05) is 18.7 Å². The van der Waals surface area contributed by atoms with Gasteiger partial charge in [-0.15, -0.1) is 0 Å². The maximum Gasteiger partial charge on any atom is 0.266 e. The van der Waals surface area contributed by atoms with Crippen molar-refractivity contribution in [1.82, 2.24) is 4.98 Å². The van der Waals surface area contributed by atoms with Gasteiger partial charge < -0.3 is 0 Å². The predicted molar refractivity (Wildman–Crippen MR) is 85.1 cm³/mol. The van der Waals surface area contributed by atoms with E-state index >= 15 is 0 Å². The number of hydrogen-bond donors (Lipinski definition) is 0. The number of carbonyl (C=O) groups is 2. The molecule has 0 radical (unpaired) electrons. The summed E-state index contributed by atoms with van der Waals surface area (Å²) in [6.45, 7) is 7.11. The molecule has 1 aromatic carbocycles. The van der Waals surface area contributed by atoms with E-state index in [0.717, 1.165) is 0 Å². The molecule has 0 spiro atoms. The first kappa shape index (κ1) is 14.0. The summed E-state index contributed by atoms with van der Waals surface area (Å²) < 4.78 is 0. The number of nitrogens with zero attached hydrogens (tertiary/aromatic N) is 3. The van der Waals surface area contributed by atoms with Crippen molar-refractivity contribution in [3.63, 3.8) is 0 Å². The molecule has 0 atom stereocenters. The minimum absolute atomic E-state index is 0.205. The largest absolute Gasteiger partial charge is 0.279 e. The highest BCUT2D eigenvalue weighted by Gasteiger charge is 2.33. The van der Waals surface area contributed by atoms with Gasteiger partial charge in [-0.25, -0.2) is 4.98 Å². The van der Waals surface area contributed by atoms with Crippen LogP contribution in [0.5, 0.6) is 0 Å². The second-order valence-electron chi connectivity index (χ2n) is 5.09. The van der Waals surface area contributed by atoms with Crippen molar-refractivity contribution in [2.75, 3.05) is 9.80 Å². The summed E-state index contributed by atoms with van der Waals surface area (Å²) in [5.74, 6) is -0.105. The van der Waals surface area contributed by atoms with Gasteiger partial charge in [0.1, 0.15) is 0 Å². The number of pyridine rings is 1. The van der Waals surface area contributed by atoms with Crippen molar-refractivity contribution in [2.24, 2.45) is 0 Å². The lowest BCUT2D eigenvalue weighted by molar-refractivity contribution is -0.115. The molecule has 1 aromatic heterocycles. The number of anilines is 3. The third-order valence-electron chi connectivity index (χ3n) is 3.49. The standard InChI is InChI=1S/C17H15N3O2/c1-11(2)19-14-8-4-5-9-15(14)20(12(3)21)16-13(17(19)22)7-6-10-18-16/h4-10H,1H2,2-3H3. The van der Waals surface area contributed by atoms with Gasteiger partial charge in [-0.3, -0.25) is 19.4 Å². The number of benzene rings is 1. The summed E-state index contributed by atoms with van der Waals surface area (Å²) in [5, 5.41) is 0. The molecule has 22 heavy (non-hydrogen) atoms. The van der Waals surface area contributed by atoms with Crippen LogP contribution in [0.25, 0.3) is 0 Å². The van der Waals surface area contributed by atoms with E-state index in [1.807, 2.05) is 12.1 Å². The molecule has 1 aliphatic rings. The average Bonchev–Trinajstić information content (AvgIpc) is 2.59. The Morgan fingerprint density at radius 3 is 2.27 bits per heavy atom. The van der Waals surface area contributed by atoms with Crippen molar-refractivity contribution in [2.45, 2.75) is 13.8 Å². The minimum Gasteiger partial charge on any atom is -0.279 e. The topological polar surface area (TPSA) is 53.5 Å². The lowest BCUT2D eigenvalue weighted by Gasteiger charge is -2.24. The number of carbonyl (C=O) groups excluding carboxylic acids is 2. The van der Waals surface area contributed by atoms with Gasteiger partial charge in [-0.05, 0) is 31.2 Å². The van der Waals surface area contributed by atoms with E-state index in [1.165, 1.54) is 16.7 Å². The monoisotopic (exact) mass is 293 g/mol. The van der Waals surface area contributed by atoms with Gasteiger partial charge in [0.15, 0.2) is 5.82 Å². The van der Waals surface area contributed by atoms with Crippen molar-refractivity contribution in [3.8, 4) is 0 Å². The van der Waals surface area contributed by atoms with Crippen LogP contribution in [0.2, 0.25) is 0 Å². The number of allylic oxidation sites excluding steroid dienone is 1. The number of amides is 2. The molecule has 5 nitrogen and oxygen atoms in total. The van der Waals surface area contributed by atoms with E-state index in [4.69, 9.17) is 0 Å². The highest BCUT2D eigenvalue weighted by molar-refractivity contribution is 6.18. The average molecular weight is 293 g/mol. The molecule has 0 unspecified atom stereocenters. The quantitative estimate of drug-likeness (QED) is 0.811. The molecule has 0 saturated heterocycles. The SMILES string of the molecule is C=C(C)N1C(=O)c2cccnc2N(C(C)=O)c2ccccc21. The van der Waals surface area contributed by atoms with E-state index in [1.54, 1.807) is 37.4 Å². The Bertz CT molecular complexity index is 798. The molecular weight excluding hydrogens is 278 g/mol. The smallest absolute Gasteiger partial charge is 0.266 e. The van der Waals surface area contributed by atoms with Gasteiger partial charge in [0.05, 0.1) is 16.9 Å². The second kappa shape index (κ2) is 5.11. The first-order chi connectivity index (χ1) is 10.5. The Morgan fingerprint density at radius 1 is 1.05 bits per heavy atom. The molecule has 0 saturated carbocycles. The molecule has 0 bridgehead atoms. The van der Waals surface area contributed by atoms with Crippen LogP contribution in [-0.4, -0.2) is 16.8 Å². The van der Waals surface area contributed by atoms with Gasteiger partial charge in [0, 0.05) is 18.8 Å². The molecule has 3 rings (SSSR count). The molecule has 0 fully saturated rings. The Kier molecular flexibility index (Phi) is 3.25. The maximum atomic E-state index is 12.9. The fourth-order valence-electron chi connectivity index (χ4n) is 2.63. The molecule has 1 aliphatic heterocycles. The highest BCUT2D eigenvalue weighted by Crippen LogP contribution is 2.40. The molecule has 2 aromatic rings. The fraction of sp³-hybridized carbons (Fsp3) is 0.118. The summed E-state index contributed by atoms with van der Waals surface area (Å²) in [7, 11) is 0. The summed E-state index contributed by atoms with van der Waals surface area (Å²) in [5.41, 5.74) is 2.19. The zero-order valence-electron chi connectivity index (χ0n) is 12.4. The van der Waals surface area contributed by atoms with Crippen LogP contribution in [0.1, 0.15) is 24.2 Å². The van der Waals surface area contributed by atoms with E-state index in [-0.39, 0.29) is 11.8 Å². The lowest BCUT2D eigenvalue weighted by Crippen LogP contribution is -2.28. The first-order valence-corrected chi connectivity index (χ1v) is 6.87. The number of para-hydroxylation sites is 2. The molecule has 0 aliphatic carbocycles. The van der Waals surface area contributed by atoms with Crippen LogP contribution in [-0.2, 0) is 4.79 Å². The van der Waals surface area contributed by atoms with Crippen LogP contribution in [0.15, 0.2) is 54.9 Å². The highest BCUT2D eigenvalue weighted by atomic mass is 16.2. The second-order valence-corrected chi connectivity index (χ2v) is 5.09. The normalized spacial score (nSPS) is 13.3. The lowest BCUT2D eigenvalue weighted by atomic mass is 10.2. The van der Waals surface area contributed by atoms with Gasteiger partial charge >= 0.3 is 0 Å². The summed E-state index contributed by atoms with van der Waals surface area (Å²) in [4.78, 5) is 32.3. The van der Waals surface area contributed by atoms with E-state index < -0.39 is 0 Å². The van der Waals surface area contributed by atoms with Crippen LogP contribution < -0.4 is 9.80 Å². The Morgan fingerprint density at radius 2 is 1.68 bits per heavy atom. The zero-order valence-corrected chi connectivity index (χ0v) is 12.4. The maximum absolute atomic E-state index is 12.9. The van der Waals surface area contributed by atoms with E-state index in [0.29, 0.717) is 28.5 Å². The van der Waals surface area contributed by atoms with Crippen molar-refractivity contribution in [1.29, 1.82) is 0 Å². The number of aromatic nitrogens is 1. The summed E-state index contributed by atoms with van der Waals surface area (Å²) >= 11 is 0. The molecule has 110 valence electrons. The molecule has 5 heteroatoms. The van der Waals surface area contributed by atoms with Crippen molar-refractivity contribution in [3.05, 3.63) is 60.4 Å². The summed E-state index contributed by atoms with van der Waals surface area (Å²) in [6, 6.07) is 10.6. The number of hydrogen-bond acceptors (Lipinski definition) is 3. The third-order valence-corrected chi connectivity index (χ3v) is 3.49. The van der Waals surface area contributed by atoms with Gasteiger partial charge in [0.25, 0.3) is 5.91 Å². The Balaban J connectivity index is 2.40. The van der Waals surface area contributed by atoms with E-state index in [9.17, 15) is 9.59 Å². The molecule has 2 heterocycles. The number of rotatable bonds is 1. The van der Waals surface area contributed by atoms with Crippen LogP contribution in [0.3, 0.4) is 0 Å². The minimum atomic E-state index is -0.244. The first-order valence-electron chi connectivity index (χ1n) is 6.87. The van der Waals surface area contributed by atoms with Gasteiger partial charge in [0.2, 0.25) is 5.91 Å². The molecule has 0 N–H and O–H groups in total. The van der Waals surface area contributed by atoms with E-state index in [2.05, 4.69) is 11.6 Å². The molecule has 2 amide bonds. The van der Waals surface area contributed by atoms with Crippen LogP contribution >= 0.6 is 0 Å². The third kappa shape index (κ3) is 1.98. The van der Waals surface area contributed by atoms with Gasteiger partial charge in [-0.2, -0.15) is 0 Å². The van der Waals surface area contributed by atoms with Crippen molar-refractivity contribution >= 4 is 29.0 Å². The summed E-state index contributed by atoms with van der Waals surface area (Å²) in [6.07, 6.45) is 1.57. The van der Waals surface area contributed by atoms with Crippen LogP contribution in [0, 0.1) is 0 Å². The number of fused-ring (bicyclic) bond motifs is 2. The fourth-order valence-corrected chi connectivity index (χ4v) is 2.63. The zero-order chi connectivity index (χ0) is 15.9. The predicted octanol–water partition coefficient (Wildman–Crippen LogP) is 3.26. The Labute approximate surface area is 128 Å².